The van der Waals surface area contributed by atoms with E-state index in [4.69, 9.17) is 12.2 Å². The minimum atomic E-state index is -2.47. The summed E-state index contributed by atoms with van der Waals surface area (Å²) in [7, 11) is 0. The Kier molecular flexibility index (Phi) is 1.90. The zero-order chi connectivity index (χ0) is 9.47. The van der Waals surface area contributed by atoms with Crippen LogP contribution in [0.4, 0.5) is 8.78 Å². The van der Waals surface area contributed by atoms with E-state index >= 15 is 0 Å². The standard InChI is InChI=1S/C6H8F2N4S/c7-6(8)1-4(2-6)3-12-5(13)9-10-11-12/h4H,1-3H2,(H,9,11,13). The molecule has 0 spiro atoms. The van der Waals surface area contributed by atoms with Gasteiger partial charge in [-0.15, -0.1) is 0 Å². The largest absolute Gasteiger partial charge is 0.248 e. The molecule has 7 heteroatoms. The molecule has 0 aliphatic heterocycles. The Hall–Kier alpha value is -0.850. The van der Waals surface area contributed by atoms with Crippen molar-refractivity contribution in [3.05, 3.63) is 4.77 Å². The molecule has 1 N–H and O–H groups in total. The maximum Gasteiger partial charge on any atom is 0.248 e. The Labute approximate surface area is 77.9 Å². The minimum absolute atomic E-state index is 0.0102. The fourth-order valence-electron chi connectivity index (χ4n) is 1.51. The molecule has 72 valence electrons. The highest BCUT2D eigenvalue weighted by Gasteiger charge is 2.45. The van der Waals surface area contributed by atoms with E-state index in [1.807, 2.05) is 0 Å². The van der Waals surface area contributed by atoms with Gasteiger partial charge in [0.05, 0.1) is 0 Å². The molecule has 0 aromatic carbocycles. The summed E-state index contributed by atoms with van der Waals surface area (Å²) in [5, 5.41) is 9.55. The van der Waals surface area contributed by atoms with Gasteiger partial charge in [-0.3, -0.25) is 0 Å². The van der Waals surface area contributed by atoms with E-state index in [-0.39, 0.29) is 18.8 Å². The van der Waals surface area contributed by atoms with Crippen molar-refractivity contribution >= 4 is 12.2 Å². The van der Waals surface area contributed by atoms with Crippen molar-refractivity contribution in [1.82, 2.24) is 20.2 Å². The number of aromatic amines is 1. The first kappa shape index (κ1) is 8.74. The monoisotopic (exact) mass is 206 g/mol. The molecule has 1 saturated carbocycles. The molecule has 0 unspecified atom stereocenters. The molecule has 0 saturated heterocycles. The van der Waals surface area contributed by atoms with Gasteiger partial charge in [-0.25, -0.2) is 13.5 Å². The molecule has 0 radical (unpaired) electrons. The van der Waals surface area contributed by atoms with E-state index in [2.05, 4.69) is 15.5 Å². The van der Waals surface area contributed by atoms with Gasteiger partial charge < -0.3 is 0 Å². The summed E-state index contributed by atoms with van der Waals surface area (Å²) in [5.41, 5.74) is 0. The molecule has 1 fully saturated rings. The zero-order valence-corrected chi connectivity index (χ0v) is 7.52. The Morgan fingerprint density at radius 2 is 2.31 bits per heavy atom. The van der Waals surface area contributed by atoms with Gasteiger partial charge in [0.2, 0.25) is 10.7 Å². The van der Waals surface area contributed by atoms with Crippen molar-refractivity contribution in [1.29, 1.82) is 0 Å². The van der Waals surface area contributed by atoms with Gasteiger partial charge in [-0.2, -0.15) is 5.21 Å². The summed E-state index contributed by atoms with van der Waals surface area (Å²) in [6.45, 7) is 0.460. The molecule has 1 aliphatic carbocycles. The fraction of sp³-hybridized carbons (Fsp3) is 0.833. The second kappa shape index (κ2) is 2.83. The third-order valence-electron chi connectivity index (χ3n) is 2.15. The number of H-pyrrole nitrogens is 1. The molecule has 2 rings (SSSR count). The maximum absolute atomic E-state index is 12.4. The second-order valence-electron chi connectivity index (χ2n) is 3.32. The number of halogens is 2. The molecular weight excluding hydrogens is 198 g/mol. The molecule has 1 aliphatic rings. The van der Waals surface area contributed by atoms with Crippen LogP contribution in [0, 0.1) is 10.7 Å². The number of tetrazole rings is 1. The van der Waals surface area contributed by atoms with E-state index < -0.39 is 5.92 Å². The van der Waals surface area contributed by atoms with Crippen LogP contribution in [0.25, 0.3) is 0 Å². The lowest BCUT2D eigenvalue weighted by Gasteiger charge is -2.34. The Balaban J connectivity index is 1.95. The summed E-state index contributed by atoms with van der Waals surface area (Å²) in [6.07, 6.45) is -0.123. The average Bonchev–Trinajstić information content (AvgIpc) is 2.33. The van der Waals surface area contributed by atoms with E-state index in [0.29, 0.717) is 11.3 Å². The Morgan fingerprint density at radius 1 is 1.62 bits per heavy atom. The van der Waals surface area contributed by atoms with Crippen molar-refractivity contribution in [2.45, 2.75) is 25.3 Å². The smallest absolute Gasteiger partial charge is 0.242 e. The van der Waals surface area contributed by atoms with E-state index in [1.165, 1.54) is 4.68 Å². The van der Waals surface area contributed by atoms with Crippen molar-refractivity contribution in [2.75, 3.05) is 0 Å². The van der Waals surface area contributed by atoms with E-state index in [0.717, 1.165) is 0 Å². The average molecular weight is 206 g/mol. The van der Waals surface area contributed by atoms with Crippen molar-refractivity contribution < 1.29 is 8.78 Å². The first-order valence-corrected chi connectivity index (χ1v) is 4.33. The fourth-order valence-corrected chi connectivity index (χ4v) is 1.66. The van der Waals surface area contributed by atoms with Crippen LogP contribution in [0.2, 0.25) is 0 Å². The SMILES string of the molecule is FC1(F)CC(Cn2[nH]nnc2=S)C1. The Morgan fingerprint density at radius 3 is 2.77 bits per heavy atom. The van der Waals surface area contributed by atoms with Crippen LogP contribution >= 0.6 is 12.2 Å². The summed E-state index contributed by atoms with van der Waals surface area (Å²) in [5.74, 6) is -2.48. The van der Waals surface area contributed by atoms with Crippen molar-refractivity contribution in [3.63, 3.8) is 0 Å². The van der Waals surface area contributed by atoms with Crippen molar-refractivity contribution in [2.24, 2.45) is 5.92 Å². The molecule has 1 aromatic rings. The summed E-state index contributed by atoms with van der Waals surface area (Å²) in [4.78, 5) is 0. The summed E-state index contributed by atoms with van der Waals surface area (Å²) in [6, 6.07) is 0. The first-order chi connectivity index (χ1) is 6.07. The molecule has 0 amide bonds. The minimum Gasteiger partial charge on any atom is -0.242 e. The molecule has 4 nitrogen and oxygen atoms in total. The van der Waals surface area contributed by atoms with Crippen LogP contribution < -0.4 is 0 Å². The topological polar surface area (TPSA) is 46.5 Å². The number of aromatic nitrogens is 4. The lowest BCUT2D eigenvalue weighted by atomic mass is 9.81. The summed E-state index contributed by atoms with van der Waals surface area (Å²) < 4.78 is 26.7. The van der Waals surface area contributed by atoms with Gasteiger partial charge >= 0.3 is 0 Å². The maximum atomic E-state index is 12.4. The lowest BCUT2D eigenvalue weighted by molar-refractivity contribution is -0.114. The number of alkyl halides is 2. The molecule has 1 aromatic heterocycles. The summed E-state index contributed by atoms with van der Waals surface area (Å²) >= 11 is 4.80. The first-order valence-electron chi connectivity index (χ1n) is 3.92. The third kappa shape index (κ3) is 1.74. The van der Waals surface area contributed by atoms with Gasteiger partial charge in [0.25, 0.3) is 0 Å². The van der Waals surface area contributed by atoms with Gasteiger partial charge in [-0.05, 0) is 18.1 Å². The highest BCUT2D eigenvalue weighted by molar-refractivity contribution is 7.71. The highest BCUT2D eigenvalue weighted by Crippen LogP contribution is 2.42. The van der Waals surface area contributed by atoms with E-state index in [9.17, 15) is 8.78 Å². The molecule has 0 bridgehead atoms. The van der Waals surface area contributed by atoms with E-state index in [1.54, 1.807) is 0 Å². The number of rotatable bonds is 2. The van der Waals surface area contributed by atoms with Gasteiger partial charge in [0.15, 0.2) is 0 Å². The van der Waals surface area contributed by atoms with Gasteiger partial charge in [-0.1, -0.05) is 10.3 Å². The van der Waals surface area contributed by atoms with Crippen LogP contribution in [-0.4, -0.2) is 26.1 Å². The van der Waals surface area contributed by atoms with Gasteiger partial charge in [0.1, 0.15) is 0 Å². The normalized spacial score (nSPS) is 21.4. The van der Waals surface area contributed by atoms with Crippen LogP contribution in [0.3, 0.4) is 0 Å². The molecule has 0 atom stereocenters. The Bertz CT molecular complexity index is 350. The number of nitrogens with zero attached hydrogens (tertiary/aromatic N) is 3. The van der Waals surface area contributed by atoms with Crippen molar-refractivity contribution in [3.8, 4) is 0 Å². The number of nitrogens with one attached hydrogen (secondary N) is 1. The van der Waals surface area contributed by atoms with Crippen LogP contribution in [0.15, 0.2) is 0 Å². The molecule has 13 heavy (non-hydrogen) atoms. The van der Waals surface area contributed by atoms with Crippen LogP contribution in [0.1, 0.15) is 12.8 Å². The lowest BCUT2D eigenvalue weighted by Crippen LogP contribution is -2.37. The number of hydrogen-bond donors (Lipinski definition) is 1. The number of hydrogen-bond acceptors (Lipinski definition) is 3. The predicted molar refractivity (Wildman–Crippen MR) is 42.9 cm³/mol. The third-order valence-corrected chi connectivity index (χ3v) is 2.45. The van der Waals surface area contributed by atoms with Gasteiger partial charge in [0, 0.05) is 19.4 Å². The van der Waals surface area contributed by atoms with Crippen LogP contribution in [-0.2, 0) is 6.54 Å². The second-order valence-corrected chi connectivity index (χ2v) is 3.69. The zero-order valence-electron chi connectivity index (χ0n) is 6.70. The quantitative estimate of drug-likeness (QED) is 0.743. The molecular formula is C6H8F2N4S. The highest BCUT2D eigenvalue weighted by atomic mass is 32.1. The molecule has 1 heterocycles. The van der Waals surface area contributed by atoms with Crippen LogP contribution in [0.5, 0.6) is 0 Å². The predicted octanol–water partition coefficient (Wildman–Crippen LogP) is 1.38.